The van der Waals surface area contributed by atoms with Gasteiger partial charge in [-0.3, -0.25) is 9.59 Å². The molecule has 0 aromatic carbocycles. The Morgan fingerprint density at radius 1 is 1.00 bits per heavy atom. The third-order valence-electron chi connectivity index (χ3n) is 2.20. The third-order valence-corrected chi connectivity index (χ3v) is 2.42. The molecule has 0 bridgehead atoms. The van der Waals surface area contributed by atoms with Crippen molar-refractivity contribution in [2.45, 2.75) is 31.5 Å². The number of ether oxygens (including phenoxy) is 2. The van der Waals surface area contributed by atoms with Gasteiger partial charge in [-0.2, -0.15) is 0 Å². The Balaban J connectivity index is 2.15. The van der Waals surface area contributed by atoms with Crippen LogP contribution in [0.2, 0.25) is 0 Å². The van der Waals surface area contributed by atoms with Crippen LogP contribution in [0.25, 0.3) is 0 Å². The molecule has 0 aromatic heterocycles. The monoisotopic (exact) mass is 254 g/mol. The molecular weight excluding hydrogens is 243 g/mol. The molecule has 0 aromatic rings. The Morgan fingerprint density at radius 2 is 1.40 bits per heavy atom. The van der Waals surface area contributed by atoms with Crippen LogP contribution in [0.1, 0.15) is 19.3 Å². The zero-order valence-corrected chi connectivity index (χ0v) is 9.59. The highest BCUT2D eigenvalue weighted by molar-refractivity contribution is 6.64. The summed E-state index contributed by atoms with van der Waals surface area (Å²) in [6, 6.07) is 0. The summed E-state index contributed by atoms with van der Waals surface area (Å²) in [4.78, 5) is 20.9. The largest absolute Gasteiger partial charge is 0.369 e. The minimum absolute atomic E-state index is 0.0110. The summed E-state index contributed by atoms with van der Waals surface area (Å²) in [5, 5.41) is -1.01. The Morgan fingerprint density at radius 3 is 1.73 bits per heavy atom. The van der Waals surface area contributed by atoms with Crippen LogP contribution in [0.4, 0.5) is 0 Å². The van der Waals surface area contributed by atoms with Gasteiger partial charge in [-0.05, 0) is 42.5 Å². The maximum atomic E-state index is 10.4. The molecule has 15 heavy (non-hydrogen) atoms. The highest BCUT2D eigenvalue weighted by Gasteiger charge is 2.26. The van der Waals surface area contributed by atoms with Gasteiger partial charge in [-0.1, -0.05) is 0 Å². The molecule has 0 amide bonds. The molecule has 0 N–H and O–H groups in total. The molecule has 0 radical (unpaired) electrons. The molecule has 0 spiro atoms. The highest BCUT2D eigenvalue weighted by Crippen LogP contribution is 2.24. The van der Waals surface area contributed by atoms with E-state index in [-0.39, 0.29) is 25.4 Å². The van der Waals surface area contributed by atoms with E-state index in [0.717, 1.165) is 12.8 Å². The van der Waals surface area contributed by atoms with E-state index in [4.69, 9.17) is 32.7 Å². The smallest absolute Gasteiger partial charge is 0.247 e. The number of hydrogen-bond acceptors (Lipinski definition) is 4. The molecule has 1 fully saturated rings. The van der Waals surface area contributed by atoms with E-state index in [0.29, 0.717) is 6.42 Å². The summed E-state index contributed by atoms with van der Waals surface area (Å²) in [6.45, 7) is -0.152. The summed E-state index contributed by atoms with van der Waals surface area (Å²) in [5.74, 6) is 0. The topological polar surface area (TPSA) is 52.6 Å². The lowest BCUT2D eigenvalue weighted by atomic mass is 10.3. The predicted molar refractivity (Wildman–Crippen MR) is 55.1 cm³/mol. The van der Waals surface area contributed by atoms with E-state index in [1.807, 2.05) is 0 Å². The van der Waals surface area contributed by atoms with Crippen LogP contribution < -0.4 is 0 Å². The van der Waals surface area contributed by atoms with Gasteiger partial charge >= 0.3 is 0 Å². The van der Waals surface area contributed by atoms with E-state index in [1.54, 1.807) is 0 Å². The second kappa shape index (κ2) is 6.43. The van der Waals surface area contributed by atoms with Crippen molar-refractivity contribution in [3.05, 3.63) is 0 Å². The van der Waals surface area contributed by atoms with E-state index in [2.05, 4.69) is 0 Å². The molecule has 1 aliphatic rings. The second-order valence-electron chi connectivity index (χ2n) is 3.39. The summed E-state index contributed by atoms with van der Waals surface area (Å²) in [6.07, 6.45) is 2.27. The van der Waals surface area contributed by atoms with Crippen molar-refractivity contribution < 1.29 is 19.1 Å². The zero-order chi connectivity index (χ0) is 11.3. The molecule has 0 heterocycles. The predicted octanol–water partition coefficient (Wildman–Crippen LogP) is 1.47. The Labute approximate surface area is 97.8 Å². The van der Waals surface area contributed by atoms with E-state index in [9.17, 15) is 9.59 Å². The van der Waals surface area contributed by atoms with Crippen LogP contribution in [0.15, 0.2) is 0 Å². The molecule has 1 rings (SSSR count). The van der Waals surface area contributed by atoms with Crippen molar-refractivity contribution in [3.8, 4) is 0 Å². The fourth-order valence-electron chi connectivity index (χ4n) is 1.57. The van der Waals surface area contributed by atoms with E-state index in [1.165, 1.54) is 0 Å². The number of hydrogen-bond donors (Lipinski definition) is 0. The van der Waals surface area contributed by atoms with Crippen LogP contribution in [0.3, 0.4) is 0 Å². The number of carbonyl (C=O) groups excluding carboxylic acids is 2. The third kappa shape index (κ3) is 5.47. The minimum Gasteiger partial charge on any atom is -0.369 e. The maximum Gasteiger partial charge on any atom is 0.247 e. The van der Waals surface area contributed by atoms with E-state index >= 15 is 0 Å². The summed E-state index contributed by atoms with van der Waals surface area (Å²) >= 11 is 10.3. The fourth-order valence-corrected chi connectivity index (χ4v) is 1.70. The second-order valence-corrected chi connectivity index (χ2v) is 4.23. The van der Waals surface area contributed by atoms with Gasteiger partial charge in [0.25, 0.3) is 0 Å². The SMILES string of the molecule is O=C(Cl)COC1CCC(OCC(=O)Cl)C1. The molecule has 2 atom stereocenters. The lowest BCUT2D eigenvalue weighted by molar-refractivity contribution is -0.118. The molecule has 0 saturated heterocycles. The van der Waals surface area contributed by atoms with Crippen LogP contribution >= 0.6 is 23.2 Å². The summed E-state index contributed by atoms with van der Waals surface area (Å²) < 4.78 is 10.4. The first-order valence-electron chi connectivity index (χ1n) is 4.68. The van der Waals surface area contributed by atoms with Crippen molar-refractivity contribution in [1.29, 1.82) is 0 Å². The molecular formula is C9H12Cl2O4. The quantitative estimate of drug-likeness (QED) is 0.674. The molecule has 1 saturated carbocycles. The van der Waals surface area contributed by atoms with Crippen molar-refractivity contribution in [1.82, 2.24) is 0 Å². The molecule has 2 unspecified atom stereocenters. The molecule has 1 aliphatic carbocycles. The van der Waals surface area contributed by atoms with Gasteiger partial charge in [0.15, 0.2) is 0 Å². The van der Waals surface area contributed by atoms with Gasteiger partial charge in [0.05, 0.1) is 12.2 Å². The first-order valence-corrected chi connectivity index (χ1v) is 5.43. The normalized spacial score (nSPS) is 25.5. The van der Waals surface area contributed by atoms with E-state index < -0.39 is 10.5 Å². The zero-order valence-electron chi connectivity index (χ0n) is 8.08. The molecule has 86 valence electrons. The van der Waals surface area contributed by atoms with Crippen molar-refractivity contribution in [2.75, 3.05) is 13.2 Å². The summed E-state index contributed by atoms with van der Waals surface area (Å²) in [7, 11) is 0. The fraction of sp³-hybridized carbons (Fsp3) is 0.778. The number of rotatable bonds is 6. The maximum absolute atomic E-state index is 10.4. The number of halogens is 2. The standard InChI is InChI=1S/C9H12Cl2O4/c10-8(12)4-14-6-1-2-7(3-6)15-5-9(11)13/h6-7H,1-5H2. The van der Waals surface area contributed by atoms with Gasteiger partial charge in [0.1, 0.15) is 13.2 Å². The van der Waals surface area contributed by atoms with Crippen LogP contribution in [-0.4, -0.2) is 35.9 Å². The first-order chi connectivity index (χ1) is 7.08. The van der Waals surface area contributed by atoms with Crippen LogP contribution in [-0.2, 0) is 19.1 Å². The lowest BCUT2D eigenvalue weighted by Gasteiger charge is -2.11. The van der Waals surface area contributed by atoms with Crippen LogP contribution in [0, 0.1) is 0 Å². The number of carbonyl (C=O) groups is 2. The summed E-state index contributed by atoms with van der Waals surface area (Å²) in [5.41, 5.74) is 0. The van der Waals surface area contributed by atoms with Crippen LogP contribution in [0.5, 0.6) is 0 Å². The lowest BCUT2D eigenvalue weighted by Crippen LogP contribution is -2.17. The van der Waals surface area contributed by atoms with Gasteiger partial charge in [0.2, 0.25) is 10.5 Å². The van der Waals surface area contributed by atoms with Crippen molar-refractivity contribution in [3.63, 3.8) is 0 Å². The first kappa shape index (κ1) is 12.9. The average Bonchev–Trinajstić information content (AvgIpc) is 2.59. The van der Waals surface area contributed by atoms with Gasteiger partial charge < -0.3 is 9.47 Å². The molecule has 0 aliphatic heterocycles. The Kier molecular flexibility index (Phi) is 5.53. The van der Waals surface area contributed by atoms with Gasteiger partial charge in [-0.25, -0.2) is 0 Å². The minimum atomic E-state index is -0.504. The molecule has 4 nitrogen and oxygen atoms in total. The Hall–Kier alpha value is -0.160. The Bertz CT molecular complexity index is 220. The van der Waals surface area contributed by atoms with Gasteiger partial charge in [0, 0.05) is 0 Å². The average molecular weight is 255 g/mol. The van der Waals surface area contributed by atoms with Crippen molar-refractivity contribution >= 4 is 33.7 Å². The molecule has 6 heteroatoms. The van der Waals surface area contributed by atoms with Crippen molar-refractivity contribution in [2.24, 2.45) is 0 Å². The van der Waals surface area contributed by atoms with Gasteiger partial charge in [-0.15, -0.1) is 0 Å². The highest BCUT2D eigenvalue weighted by atomic mass is 35.5.